The minimum atomic E-state index is -0.191. The lowest BCUT2D eigenvalue weighted by Gasteiger charge is -2.06. The Bertz CT molecular complexity index is 393. The fraction of sp³-hybridized carbons (Fsp3) is 0.562. The van der Waals surface area contributed by atoms with Crippen LogP contribution in [-0.4, -0.2) is 19.2 Å². The third-order valence-corrected chi connectivity index (χ3v) is 2.97. The van der Waals surface area contributed by atoms with Crippen molar-refractivity contribution in [3.8, 4) is 5.75 Å². The molecule has 0 saturated heterocycles. The van der Waals surface area contributed by atoms with E-state index in [0.717, 1.165) is 43.7 Å². The first kappa shape index (κ1) is 16.3. The monoisotopic (exact) mass is 279 g/mol. The van der Waals surface area contributed by atoms with Gasteiger partial charge in [0.1, 0.15) is 5.75 Å². The Kier molecular flexibility index (Phi) is 8.27. The molecule has 112 valence electrons. The Hall–Kier alpha value is -1.71. The van der Waals surface area contributed by atoms with E-state index in [4.69, 9.17) is 15.2 Å². The largest absolute Gasteiger partial charge is 0.494 e. The van der Waals surface area contributed by atoms with Crippen molar-refractivity contribution in [2.75, 3.05) is 18.9 Å². The van der Waals surface area contributed by atoms with Crippen molar-refractivity contribution in [2.45, 2.75) is 45.4 Å². The Balaban J connectivity index is 1.89. The zero-order valence-electron chi connectivity index (χ0n) is 12.3. The second kappa shape index (κ2) is 10.1. The number of anilines is 1. The van der Waals surface area contributed by atoms with Gasteiger partial charge in [-0.05, 0) is 25.0 Å². The first-order valence-corrected chi connectivity index (χ1v) is 7.30. The highest BCUT2D eigenvalue weighted by atomic mass is 16.5. The van der Waals surface area contributed by atoms with Crippen molar-refractivity contribution < 1.29 is 14.3 Å². The van der Waals surface area contributed by atoms with Crippen LogP contribution in [0.25, 0.3) is 0 Å². The second-order valence-electron chi connectivity index (χ2n) is 4.88. The third-order valence-electron chi connectivity index (χ3n) is 2.97. The van der Waals surface area contributed by atoms with E-state index < -0.39 is 0 Å². The molecule has 0 fully saturated rings. The van der Waals surface area contributed by atoms with Crippen LogP contribution < -0.4 is 10.5 Å². The first-order chi connectivity index (χ1) is 9.68. The summed E-state index contributed by atoms with van der Waals surface area (Å²) in [5.41, 5.74) is 6.41. The highest BCUT2D eigenvalue weighted by Gasteiger charge is 1.96. The maximum absolute atomic E-state index is 10.5. The minimum Gasteiger partial charge on any atom is -0.494 e. The summed E-state index contributed by atoms with van der Waals surface area (Å²) in [5.74, 6) is 0.648. The molecule has 0 atom stereocenters. The normalized spacial score (nSPS) is 10.2. The van der Waals surface area contributed by atoms with E-state index in [9.17, 15) is 4.79 Å². The molecule has 0 radical (unpaired) electrons. The van der Waals surface area contributed by atoms with Crippen LogP contribution in [0.2, 0.25) is 0 Å². The summed E-state index contributed by atoms with van der Waals surface area (Å²) in [6.07, 6.45) is 6.66. The summed E-state index contributed by atoms with van der Waals surface area (Å²) in [7, 11) is 0. The molecule has 1 rings (SSSR count). The van der Waals surface area contributed by atoms with Gasteiger partial charge < -0.3 is 15.2 Å². The van der Waals surface area contributed by atoms with E-state index in [1.54, 1.807) is 0 Å². The molecule has 0 unspecified atom stereocenters. The topological polar surface area (TPSA) is 61.5 Å². The Morgan fingerprint density at radius 1 is 1.05 bits per heavy atom. The molecule has 2 N–H and O–H groups in total. The molecule has 0 aromatic heterocycles. The zero-order chi connectivity index (χ0) is 14.6. The number of esters is 1. The van der Waals surface area contributed by atoms with Crippen molar-refractivity contribution in [2.24, 2.45) is 0 Å². The second-order valence-corrected chi connectivity index (χ2v) is 4.88. The van der Waals surface area contributed by atoms with Gasteiger partial charge >= 0.3 is 5.97 Å². The summed E-state index contributed by atoms with van der Waals surface area (Å²) in [6.45, 7) is 2.73. The minimum absolute atomic E-state index is 0.191. The van der Waals surface area contributed by atoms with Crippen molar-refractivity contribution in [3.05, 3.63) is 24.3 Å². The van der Waals surface area contributed by atoms with Crippen molar-refractivity contribution in [1.82, 2.24) is 0 Å². The van der Waals surface area contributed by atoms with Gasteiger partial charge in [0.25, 0.3) is 0 Å². The van der Waals surface area contributed by atoms with E-state index in [1.807, 2.05) is 24.3 Å². The van der Waals surface area contributed by atoms with Gasteiger partial charge in [-0.3, -0.25) is 4.79 Å². The predicted octanol–water partition coefficient (Wildman–Crippen LogP) is 3.55. The van der Waals surface area contributed by atoms with E-state index in [0.29, 0.717) is 6.61 Å². The number of carbonyl (C=O) groups is 1. The summed E-state index contributed by atoms with van der Waals surface area (Å²) >= 11 is 0. The molecule has 1 aromatic carbocycles. The van der Waals surface area contributed by atoms with Gasteiger partial charge in [0.15, 0.2) is 0 Å². The first-order valence-electron chi connectivity index (χ1n) is 7.30. The van der Waals surface area contributed by atoms with Crippen LogP contribution in [0.4, 0.5) is 5.69 Å². The number of carbonyl (C=O) groups excluding carboxylic acids is 1. The van der Waals surface area contributed by atoms with Gasteiger partial charge in [-0.15, -0.1) is 0 Å². The third kappa shape index (κ3) is 8.40. The maximum atomic E-state index is 10.5. The SMILES string of the molecule is CC(=O)OCCCCCCCCOc1cccc(N)c1. The standard InChI is InChI=1S/C16H25NO3/c1-14(18)19-11-6-4-2-3-5-7-12-20-16-10-8-9-15(17)13-16/h8-10,13H,2-7,11-12,17H2,1H3. The molecule has 0 aliphatic carbocycles. The van der Waals surface area contributed by atoms with Gasteiger partial charge in [0.05, 0.1) is 13.2 Å². The van der Waals surface area contributed by atoms with Gasteiger partial charge in [-0.25, -0.2) is 0 Å². The lowest BCUT2D eigenvalue weighted by molar-refractivity contribution is -0.141. The summed E-state index contributed by atoms with van der Waals surface area (Å²) in [4.78, 5) is 10.5. The molecule has 0 amide bonds. The van der Waals surface area contributed by atoms with Crippen LogP contribution in [-0.2, 0) is 9.53 Å². The number of nitrogens with two attached hydrogens (primary N) is 1. The molecule has 4 nitrogen and oxygen atoms in total. The van der Waals surface area contributed by atoms with E-state index in [-0.39, 0.29) is 5.97 Å². The van der Waals surface area contributed by atoms with Gasteiger partial charge in [-0.2, -0.15) is 0 Å². The van der Waals surface area contributed by atoms with E-state index in [1.165, 1.54) is 19.8 Å². The molecule has 0 aliphatic heterocycles. The number of rotatable bonds is 10. The van der Waals surface area contributed by atoms with Crippen LogP contribution in [0.15, 0.2) is 24.3 Å². The number of hydrogen-bond acceptors (Lipinski definition) is 4. The Labute approximate surface area is 121 Å². The molecular weight excluding hydrogens is 254 g/mol. The quantitative estimate of drug-likeness (QED) is 0.404. The van der Waals surface area contributed by atoms with Gasteiger partial charge in [-0.1, -0.05) is 31.7 Å². The molecule has 0 saturated carbocycles. The fourth-order valence-corrected chi connectivity index (χ4v) is 1.92. The van der Waals surface area contributed by atoms with Crippen LogP contribution in [0.3, 0.4) is 0 Å². The molecular formula is C16H25NO3. The summed E-state index contributed by atoms with van der Waals surface area (Å²) in [5, 5.41) is 0. The van der Waals surface area contributed by atoms with Crippen molar-refractivity contribution in [1.29, 1.82) is 0 Å². The fourth-order valence-electron chi connectivity index (χ4n) is 1.92. The molecule has 0 spiro atoms. The van der Waals surface area contributed by atoms with Gasteiger partial charge in [0.2, 0.25) is 0 Å². The highest BCUT2D eigenvalue weighted by molar-refractivity contribution is 5.65. The lowest BCUT2D eigenvalue weighted by Crippen LogP contribution is -2.00. The lowest BCUT2D eigenvalue weighted by atomic mass is 10.1. The average molecular weight is 279 g/mol. The smallest absolute Gasteiger partial charge is 0.302 e. The molecule has 0 bridgehead atoms. The maximum Gasteiger partial charge on any atom is 0.302 e. The van der Waals surface area contributed by atoms with Crippen LogP contribution >= 0.6 is 0 Å². The number of ether oxygens (including phenoxy) is 2. The average Bonchev–Trinajstić information content (AvgIpc) is 2.40. The summed E-state index contributed by atoms with van der Waals surface area (Å²) in [6, 6.07) is 7.51. The molecule has 0 heterocycles. The molecule has 1 aromatic rings. The Morgan fingerprint density at radius 2 is 1.70 bits per heavy atom. The number of hydrogen-bond donors (Lipinski definition) is 1. The van der Waals surface area contributed by atoms with Crippen LogP contribution in [0.1, 0.15) is 45.4 Å². The van der Waals surface area contributed by atoms with Crippen molar-refractivity contribution in [3.63, 3.8) is 0 Å². The molecule has 0 aliphatic rings. The number of nitrogen functional groups attached to an aromatic ring is 1. The number of benzene rings is 1. The molecule has 4 heteroatoms. The van der Waals surface area contributed by atoms with E-state index >= 15 is 0 Å². The highest BCUT2D eigenvalue weighted by Crippen LogP contribution is 2.15. The Morgan fingerprint density at radius 3 is 2.35 bits per heavy atom. The van der Waals surface area contributed by atoms with Crippen molar-refractivity contribution >= 4 is 11.7 Å². The van der Waals surface area contributed by atoms with Crippen LogP contribution in [0.5, 0.6) is 5.75 Å². The predicted molar refractivity (Wildman–Crippen MR) is 80.7 cm³/mol. The van der Waals surface area contributed by atoms with Crippen LogP contribution in [0, 0.1) is 0 Å². The van der Waals surface area contributed by atoms with Gasteiger partial charge in [0, 0.05) is 18.7 Å². The summed E-state index contributed by atoms with van der Waals surface area (Å²) < 4.78 is 10.5. The van der Waals surface area contributed by atoms with E-state index in [2.05, 4.69) is 0 Å². The zero-order valence-corrected chi connectivity index (χ0v) is 12.3. The molecule has 20 heavy (non-hydrogen) atoms. The number of unbranched alkanes of at least 4 members (excludes halogenated alkanes) is 5.